The van der Waals surface area contributed by atoms with Crippen molar-refractivity contribution in [1.82, 2.24) is 4.90 Å². The quantitative estimate of drug-likeness (QED) is 0.773. The molecule has 0 amide bonds. The second-order valence-electron chi connectivity index (χ2n) is 4.17. The molecule has 1 aliphatic rings. The lowest BCUT2D eigenvalue weighted by Gasteiger charge is -2.24. The molecule has 1 aliphatic heterocycles. The number of hydrogen-bond acceptors (Lipinski definition) is 2. The van der Waals surface area contributed by atoms with Crippen LogP contribution in [0.5, 0.6) is 0 Å². The average molecular weight is 225 g/mol. The Bertz CT molecular complexity index is 556. The molecule has 0 aliphatic carbocycles. The van der Waals surface area contributed by atoms with Crippen LogP contribution in [-0.2, 0) is 4.74 Å². The highest BCUT2D eigenvalue weighted by molar-refractivity contribution is 5.86. The summed E-state index contributed by atoms with van der Waals surface area (Å²) in [5.74, 6) is 0. The first-order chi connectivity index (χ1) is 8.40. The van der Waals surface area contributed by atoms with Crippen LogP contribution in [0.4, 0.5) is 0 Å². The summed E-state index contributed by atoms with van der Waals surface area (Å²) in [6.45, 7) is 3.08. The van der Waals surface area contributed by atoms with E-state index in [1.165, 1.54) is 16.3 Å². The van der Waals surface area contributed by atoms with Gasteiger partial charge < -0.3 is 9.64 Å². The lowest BCUT2D eigenvalue weighted by Crippen LogP contribution is -2.20. The zero-order chi connectivity index (χ0) is 11.7. The summed E-state index contributed by atoms with van der Waals surface area (Å²) in [5, 5.41) is 2.53. The van der Waals surface area contributed by atoms with Gasteiger partial charge in [-0.1, -0.05) is 42.5 Å². The topological polar surface area (TPSA) is 12.5 Å². The van der Waals surface area contributed by atoms with E-state index in [2.05, 4.69) is 54.3 Å². The second-order valence-corrected chi connectivity index (χ2v) is 4.17. The van der Waals surface area contributed by atoms with E-state index in [4.69, 9.17) is 4.74 Å². The van der Waals surface area contributed by atoms with Crippen molar-refractivity contribution in [3.8, 4) is 0 Å². The van der Waals surface area contributed by atoms with Crippen molar-refractivity contribution in [2.24, 2.45) is 0 Å². The molecule has 0 spiro atoms. The molecule has 2 aromatic carbocycles. The van der Waals surface area contributed by atoms with Gasteiger partial charge in [0.1, 0.15) is 6.26 Å². The summed E-state index contributed by atoms with van der Waals surface area (Å²) in [6.07, 6.45) is 3.80. The van der Waals surface area contributed by atoms with Crippen molar-refractivity contribution in [3.05, 3.63) is 60.5 Å². The molecule has 0 N–H and O–H groups in total. The minimum absolute atomic E-state index is 0.0195. The van der Waals surface area contributed by atoms with Crippen LogP contribution >= 0.6 is 0 Å². The molecular formula is C15H15NO. The van der Waals surface area contributed by atoms with Gasteiger partial charge in [0.15, 0.2) is 6.23 Å². The molecule has 0 radical (unpaired) electrons. The zero-order valence-corrected chi connectivity index (χ0v) is 9.84. The Labute approximate surface area is 101 Å². The summed E-state index contributed by atoms with van der Waals surface area (Å²) in [7, 11) is 0. The molecule has 86 valence electrons. The van der Waals surface area contributed by atoms with E-state index in [-0.39, 0.29) is 6.23 Å². The number of hydrogen-bond donors (Lipinski definition) is 0. The fourth-order valence-corrected chi connectivity index (χ4v) is 2.33. The molecule has 17 heavy (non-hydrogen) atoms. The van der Waals surface area contributed by atoms with Gasteiger partial charge in [-0.3, -0.25) is 0 Å². The van der Waals surface area contributed by atoms with Gasteiger partial charge in [0.05, 0.1) is 0 Å². The maximum atomic E-state index is 5.70. The third kappa shape index (κ3) is 1.66. The summed E-state index contributed by atoms with van der Waals surface area (Å²) in [5.41, 5.74) is 1.23. The van der Waals surface area contributed by atoms with Gasteiger partial charge in [-0.15, -0.1) is 0 Å². The lowest BCUT2D eigenvalue weighted by molar-refractivity contribution is 0.0616. The highest BCUT2D eigenvalue weighted by atomic mass is 16.5. The van der Waals surface area contributed by atoms with Crippen molar-refractivity contribution < 1.29 is 4.74 Å². The first-order valence-corrected chi connectivity index (χ1v) is 5.95. The van der Waals surface area contributed by atoms with E-state index in [1.807, 2.05) is 6.20 Å². The van der Waals surface area contributed by atoms with Crippen LogP contribution in [-0.4, -0.2) is 11.4 Å². The SMILES string of the molecule is CCN1C=COC1c1cccc2ccccc12. The summed E-state index contributed by atoms with van der Waals surface area (Å²) >= 11 is 0. The van der Waals surface area contributed by atoms with Crippen molar-refractivity contribution in [3.63, 3.8) is 0 Å². The van der Waals surface area contributed by atoms with Gasteiger partial charge in [-0.2, -0.15) is 0 Å². The van der Waals surface area contributed by atoms with E-state index in [0.717, 1.165) is 6.54 Å². The Hall–Kier alpha value is -1.96. The minimum atomic E-state index is 0.0195. The molecule has 0 bridgehead atoms. The Morgan fingerprint density at radius 3 is 2.82 bits per heavy atom. The van der Waals surface area contributed by atoms with E-state index in [1.54, 1.807) is 6.26 Å². The predicted molar refractivity (Wildman–Crippen MR) is 69.3 cm³/mol. The second kappa shape index (κ2) is 4.13. The molecule has 1 unspecified atom stereocenters. The van der Waals surface area contributed by atoms with E-state index in [0.29, 0.717) is 0 Å². The van der Waals surface area contributed by atoms with Gasteiger partial charge in [0.2, 0.25) is 0 Å². The highest BCUT2D eigenvalue weighted by Gasteiger charge is 2.22. The van der Waals surface area contributed by atoms with Gasteiger partial charge in [-0.05, 0) is 17.7 Å². The van der Waals surface area contributed by atoms with Crippen LogP contribution < -0.4 is 0 Å². The molecule has 2 heteroatoms. The monoisotopic (exact) mass is 225 g/mol. The molecular weight excluding hydrogens is 210 g/mol. The van der Waals surface area contributed by atoms with Gasteiger partial charge >= 0.3 is 0 Å². The van der Waals surface area contributed by atoms with Crippen molar-refractivity contribution in [2.75, 3.05) is 6.54 Å². The van der Waals surface area contributed by atoms with E-state index >= 15 is 0 Å². The molecule has 2 nitrogen and oxygen atoms in total. The lowest BCUT2D eigenvalue weighted by atomic mass is 10.0. The fraction of sp³-hybridized carbons (Fsp3) is 0.200. The molecule has 0 fully saturated rings. The number of nitrogens with zero attached hydrogens (tertiary/aromatic N) is 1. The largest absolute Gasteiger partial charge is 0.472 e. The number of ether oxygens (including phenoxy) is 1. The van der Waals surface area contributed by atoms with Crippen LogP contribution in [0.15, 0.2) is 54.9 Å². The van der Waals surface area contributed by atoms with Gasteiger partial charge in [0, 0.05) is 18.3 Å². The third-order valence-electron chi connectivity index (χ3n) is 3.22. The standard InChI is InChI=1S/C15H15NO/c1-2-16-10-11-17-15(16)14-9-5-7-12-6-3-4-8-13(12)14/h3-11,15H,2H2,1H3. The average Bonchev–Trinajstić information content (AvgIpc) is 2.86. The molecule has 0 saturated heterocycles. The smallest absolute Gasteiger partial charge is 0.198 e. The van der Waals surface area contributed by atoms with Crippen molar-refractivity contribution in [2.45, 2.75) is 13.2 Å². The summed E-state index contributed by atoms with van der Waals surface area (Å²) in [4.78, 5) is 2.20. The highest BCUT2D eigenvalue weighted by Crippen LogP contribution is 2.32. The molecule has 0 saturated carbocycles. The van der Waals surface area contributed by atoms with Crippen molar-refractivity contribution >= 4 is 10.8 Å². The third-order valence-corrected chi connectivity index (χ3v) is 3.22. The molecule has 0 aromatic heterocycles. The maximum absolute atomic E-state index is 5.70. The Balaban J connectivity index is 2.11. The van der Waals surface area contributed by atoms with E-state index < -0.39 is 0 Å². The molecule has 1 atom stereocenters. The fourth-order valence-electron chi connectivity index (χ4n) is 2.33. The number of fused-ring (bicyclic) bond motifs is 1. The minimum Gasteiger partial charge on any atom is -0.472 e. The Kier molecular flexibility index (Phi) is 2.48. The normalized spacial score (nSPS) is 18.6. The zero-order valence-electron chi connectivity index (χ0n) is 9.84. The van der Waals surface area contributed by atoms with Crippen molar-refractivity contribution in [1.29, 1.82) is 0 Å². The first-order valence-electron chi connectivity index (χ1n) is 5.95. The first kappa shape index (κ1) is 10.2. The predicted octanol–water partition coefficient (Wildman–Crippen LogP) is 3.66. The number of benzene rings is 2. The summed E-state index contributed by atoms with van der Waals surface area (Å²) < 4.78 is 5.70. The Morgan fingerprint density at radius 2 is 1.94 bits per heavy atom. The van der Waals surface area contributed by atoms with Crippen LogP contribution in [0, 0.1) is 0 Å². The number of rotatable bonds is 2. The van der Waals surface area contributed by atoms with Crippen LogP contribution in [0.3, 0.4) is 0 Å². The van der Waals surface area contributed by atoms with Crippen LogP contribution in [0.2, 0.25) is 0 Å². The molecule has 1 heterocycles. The van der Waals surface area contributed by atoms with Gasteiger partial charge in [0.25, 0.3) is 0 Å². The molecule has 3 rings (SSSR count). The maximum Gasteiger partial charge on any atom is 0.198 e. The summed E-state index contributed by atoms with van der Waals surface area (Å²) in [6, 6.07) is 14.8. The van der Waals surface area contributed by atoms with E-state index in [9.17, 15) is 0 Å². The van der Waals surface area contributed by atoms with Crippen LogP contribution in [0.1, 0.15) is 18.7 Å². The Morgan fingerprint density at radius 1 is 1.12 bits per heavy atom. The van der Waals surface area contributed by atoms with Gasteiger partial charge in [-0.25, -0.2) is 0 Å². The van der Waals surface area contributed by atoms with Crippen LogP contribution in [0.25, 0.3) is 10.8 Å². The molecule has 2 aromatic rings.